The molecule has 31 heavy (non-hydrogen) atoms. The lowest BCUT2D eigenvalue weighted by molar-refractivity contribution is -0.116. The molecule has 1 aliphatic heterocycles. The number of hydrogen-bond acceptors (Lipinski definition) is 4. The maximum Gasteiger partial charge on any atom is 0.261 e. The molecule has 0 radical (unpaired) electrons. The van der Waals surface area contributed by atoms with Crippen molar-refractivity contribution in [3.05, 3.63) is 69.4 Å². The van der Waals surface area contributed by atoms with E-state index < -0.39 is 0 Å². The third-order valence-electron chi connectivity index (χ3n) is 5.93. The number of aryl methyl sites for hydroxylation is 1. The number of carbonyl (C=O) groups excluding carboxylic acids is 3. The van der Waals surface area contributed by atoms with E-state index in [1.807, 2.05) is 12.1 Å². The summed E-state index contributed by atoms with van der Waals surface area (Å²) < 4.78 is 0. The molecule has 0 fully saturated rings. The first-order valence-corrected chi connectivity index (χ1v) is 11.1. The fraction of sp³-hybridized carbons (Fsp3) is 0.250. The minimum Gasteiger partial charge on any atom is -0.326 e. The Labute approximate surface area is 183 Å². The number of anilines is 1. The van der Waals surface area contributed by atoms with Gasteiger partial charge >= 0.3 is 0 Å². The standard InChI is InChI=1S/C24H19N3O3S/c1-25-21-15-8-2-3-11-18(15)31-22(21)26-19(28)12-13-27-23(29)16-9-4-6-14-7-5-10-17(20(14)16)24(27)30/h4-7,9-10H,2-3,8,11-13H2,(H,26,28). The van der Waals surface area contributed by atoms with Crippen molar-refractivity contribution in [2.75, 3.05) is 11.9 Å². The van der Waals surface area contributed by atoms with Gasteiger partial charge in [0.2, 0.25) is 11.6 Å². The van der Waals surface area contributed by atoms with E-state index in [1.165, 1.54) is 16.2 Å². The predicted octanol–water partition coefficient (Wildman–Crippen LogP) is 4.96. The fourth-order valence-corrected chi connectivity index (χ4v) is 5.68. The van der Waals surface area contributed by atoms with E-state index in [4.69, 9.17) is 6.57 Å². The van der Waals surface area contributed by atoms with E-state index in [1.54, 1.807) is 24.3 Å². The molecule has 3 amide bonds. The molecule has 3 aromatic rings. The second-order valence-corrected chi connectivity index (χ2v) is 8.87. The van der Waals surface area contributed by atoms with Gasteiger partial charge in [0, 0.05) is 29.5 Å². The van der Waals surface area contributed by atoms with E-state index in [0.29, 0.717) is 27.2 Å². The Morgan fingerprint density at radius 1 is 1.06 bits per heavy atom. The molecule has 1 N–H and O–H groups in total. The maximum absolute atomic E-state index is 13.0. The normalized spacial score (nSPS) is 15.0. The lowest BCUT2D eigenvalue weighted by Crippen LogP contribution is -2.41. The second-order valence-electron chi connectivity index (χ2n) is 7.77. The average molecular weight is 430 g/mol. The van der Waals surface area contributed by atoms with Crippen molar-refractivity contribution in [3.8, 4) is 0 Å². The summed E-state index contributed by atoms with van der Waals surface area (Å²) in [5.74, 6) is -1.06. The number of thiophene rings is 1. The van der Waals surface area contributed by atoms with Crippen molar-refractivity contribution in [3.63, 3.8) is 0 Å². The smallest absolute Gasteiger partial charge is 0.261 e. The van der Waals surface area contributed by atoms with Crippen LogP contribution in [-0.4, -0.2) is 29.2 Å². The average Bonchev–Trinajstić information content (AvgIpc) is 3.14. The number of amides is 3. The van der Waals surface area contributed by atoms with Crippen LogP contribution >= 0.6 is 11.3 Å². The molecular weight excluding hydrogens is 410 g/mol. The number of imide groups is 1. The Hall–Kier alpha value is -3.50. The topological polar surface area (TPSA) is 70.8 Å². The highest BCUT2D eigenvalue weighted by Gasteiger charge is 2.32. The molecule has 1 aromatic heterocycles. The Bertz CT molecular complexity index is 1250. The molecule has 154 valence electrons. The summed E-state index contributed by atoms with van der Waals surface area (Å²) in [7, 11) is 0. The van der Waals surface area contributed by atoms with Gasteiger partial charge in [-0.25, -0.2) is 4.85 Å². The van der Waals surface area contributed by atoms with Crippen LogP contribution in [0.5, 0.6) is 0 Å². The van der Waals surface area contributed by atoms with E-state index >= 15 is 0 Å². The molecule has 0 spiro atoms. The SMILES string of the molecule is [C-]#[N+]c1c(NC(=O)CCN2C(=O)c3cccc4cccc(c34)C2=O)sc2c1CCCC2. The summed E-state index contributed by atoms with van der Waals surface area (Å²) in [5.41, 5.74) is 2.56. The first kappa shape index (κ1) is 19.5. The van der Waals surface area contributed by atoms with Crippen LogP contribution in [-0.2, 0) is 17.6 Å². The van der Waals surface area contributed by atoms with Gasteiger partial charge in [-0.3, -0.25) is 19.3 Å². The van der Waals surface area contributed by atoms with Crippen LogP contribution in [0.1, 0.15) is 50.4 Å². The number of nitrogens with zero attached hydrogens (tertiary/aromatic N) is 2. The van der Waals surface area contributed by atoms with Crippen molar-refractivity contribution in [1.82, 2.24) is 4.90 Å². The molecule has 6 nitrogen and oxygen atoms in total. The van der Waals surface area contributed by atoms with Crippen molar-refractivity contribution in [2.24, 2.45) is 0 Å². The first-order chi connectivity index (χ1) is 15.1. The second kappa shape index (κ2) is 7.64. The number of hydrogen-bond donors (Lipinski definition) is 1. The monoisotopic (exact) mass is 429 g/mol. The van der Waals surface area contributed by atoms with Gasteiger partial charge in [0.15, 0.2) is 0 Å². The quantitative estimate of drug-likeness (QED) is 0.471. The third kappa shape index (κ3) is 3.20. The van der Waals surface area contributed by atoms with Crippen LogP contribution in [0.25, 0.3) is 15.6 Å². The molecule has 1 aliphatic carbocycles. The summed E-state index contributed by atoms with van der Waals surface area (Å²) in [6.45, 7) is 7.50. The van der Waals surface area contributed by atoms with Gasteiger partial charge in [-0.05, 0) is 47.2 Å². The number of fused-ring (bicyclic) bond motifs is 1. The van der Waals surface area contributed by atoms with Crippen molar-refractivity contribution < 1.29 is 14.4 Å². The molecule has 0 saturated heterocycles. The number of carbonyl (C=O) groups is 3. The number of nitrogens with one attached hydrogen (secondary N) is 1. The highest BCUT2D eigenvalue weighted by molar-refractivity contribution is 7.17. The molecule has 2 aromatic carbocycles. The first-order valence-electron chi connectivity index (χ1n) is 10.3. The van der Waals surface area contributed by atoms with Gasteiger partial charge in [-0.2, -0.15) is 0 Å². The summed E-state index contributed by atoms with van der Waals surface area (Å²) in [6, 6.07) is 10.8. The van der Waals surface area contributed by atoms with E-state index in [0.717, 1.165) is 41.5 Å². The zero-order valence-corrected chi connectivity index (χ0v) is 17.6. The van der Waals surface area contributed by atoms with Gasteiger partial charge in [-0.15, -0.1) is 11.3 Å². The van der Waals surface area contributed by atoms with Crippen molar-refractivity contribution in [1.29, 1.82) is 0 Å². The van der Waals surface area contributed by atoms with Gasteiger partial charge in [0.05, 0.1) is 6.57 Å². The molecule has 5 rings (SSSR count). The zero-order chi connectivity index (χ0) is 21.5. The number of benzene rings is 2. The molecule has 2 aliphatic rings. The molecule has 0 atom stereocenters. The van der Waals surface area contributed by atoms with Gasteiger partial charge in [-0.1, -0.05) is 30.7 Å². The van der Waals surface area contributed by atoms with E-state index in [-0.39, 0.29) is 30.7 Å². The minimum absolute atomic E-state index is 0.00728. The van der Waals surface area contributed by atoms with Gasteiger partial charge in [0.25, 0.3) is 11.8 Å². The van der Waals surface area contributed by atoms with Gasteiger partial charge in [0.1, 0.15) is 5.00 Å². The molecular formula is C24H19N3O3S. The Morgan fingerprint density at radius 2 is 1.74 bits per heavy atom. The van der Waals surface area contributed by atoms with Crippen LogP contribution in [0.2, 0.25) is 0 Å². The third-order valence-corrected chi connectivity index (χ3v) is 7.12. The van der Waals surface area contributed by atoms with E-state index in [2.05, 4.69) is 10.2 Å². The van der Waals surface area contributed by atoms with E-state index in [9.17, 15) is 14.4 Å². The van der Waals surface area contributed by atoms with Crippen molar-refractivity contribution >= 4 is 50.5 Å². The Balaban J connectivity index is 1.33. The lowest BCUT2D eigenvalue weighted by Gasteiger charge is -2.27. The zero-order valence-electron chi connectivity index (χ0n) is 16.7. The fourth-order valence-electron chi connectivity index (χ4n) is 4.44. The van der Waals surface area contributed by atoms with Crippen LogP contribution in [0.15, 0.2) is 36.4 Å². The van der Waals surface area contributed by atoms with Gasteiger partial charge < -0.3 is 5.32 Å². The predicted molar refractivity (Wildman–Crippen MR) is 120 cm³/mol. The van der Waals surface area contributed by atoms with Crippen molar-refractivity contribution in [2.45, 2.75) is 32.1 Å². The highest BCUT2D eigenvalue weighted by Crippen LogP contribution is 2.44. The molecule has 0 bridgehead atoms. The summed E-state index contributed by atoms with van der Waals surface area (Å²) in [5, 5.41) is 4.95. The van der Waals surface area contributed by atoms with Crippen LogP contribution in [0.4, 0.5) is 10.7 Å². The minimum atomic E-state index is -0.379. The van der Waals surface area contributed by atoms with Crippen LogP contribution < -0.4 is 5.32 Å². The summed E-state index contributed by atoms with van der Waals surface area (Å²) in [6.07, 6.45) is 3.97. The Kier molecular flexibility index (Phi) is 4.79. The van der Waals surface area contributed by atoms with Crippen LogP contribution in [0, 0.1) is 6.57 Å². The molecule has 7 heteroatoms. The molecule has 2 heterocycles. The maximum atomic E-state index is 13.0. The summed E-state index contributed by atoms with van der Waals surface area (Å²) >= 11 is 1.47. The highest BCUT2D eigenvalue weighted by atomic mass is 32.1. The summed E-state index contributed by atoms with van der Waals surface area (Å²) in [4.78, 5) is 44.5. The lowest BCUT2D eigenvalue weighted by atomic mass is 9.94. The largest absolute Gasteiger partial charge is 0.326 e. The van der Waals surface area contributed by atoms with Crippen LogP contribution in [0.3, 0.4) is 0 Å². The molecule has 0 unspecified atom stereocenters. The number of rotatable bonds is 4. The molecule has 0 saturated carbocycles. The Morgan fingerprint density at radius 3 is 2.42 bits per heavy atom.